The Kier molecular flexibility index (Phi) is 15.6. The van der Waals surface area contributed by atoms with Crippen molar-refractivity contribution in [2.75, 3.05) is 27.4 Å². The van der Waals surface area contributed by atoms with Crippen LogP contribution in [0.2, 0.25) is 0 Å². The summed E-state index contributed by atoms with van der Waals surface area (Å²) in [6.45, 7) is 6.72. The summed E-state index contributed by atoms with van der Waals surface area (Å²) in [5.74, 6) is -2.01. The number of nitrogens with one attached hydrogen (secondary N) is 2. The van der Waals surface area contributed by atoms with E-state index in [0.29, 0.717) is 11.5 Å². The highest BCUT2D eigenvalue weighted by molar-refractivity contribution is 7.89. The van der Waals surface area contributed by atoms with Crippen LogP contribution in [0.15, 0.2) is 70.7 Å². The van der Waals surface area contributed by atoms with Crippen LogP contribution in [0.5, 0.6) is 11.5 Å². The highest BCUT2D eigenvalue weighted by atomic mass is 32.2. The predicted octanol–water partition coefficient (Wildman–Crippen LogP) is 1.05. The van der Waals surface area contributed by atoms with Gasteiger partial charge in [-0.25, -0.2) is 37.2 Å². The van der Waals surface area contributed by atoms with Crippen LogP contribution >= 0.6 is 0 Å². The zero-order chi connectivity index (χ0) is 41.9. The second kappa shape index (κ2) is 19.9. The molecule has 2 heterocycles. The van der Waals surface area contributed by atoms with E-state index in [4.69, 9.17) is 14.2 Å². The Morgan fingerprint density at radius 3 is 1.32 bits per heavy atom. The van der Waals surface area contributed by atoms with Gasteiger partial charge >= 0.3 is 0 Å². The molecule has 312 valence electrons. The molecular weight excluding hydrogens is 789 g/mol. The van der Waals surface area contributed by atoms with Crippen molar-refractivity contribution in [3.8, 4) is 11.5 Å². The number of hydroxylamine groups is 2. The summed E-state index contributed by atoms with van der Waals surface area (Å²) in [5, 5.41) is 35.2. The van der Waals surface area contributed by atoms with Crippen molar-refractivity contribution in [3.63, 3.8) is 0 Å². The molecular formula is C34H48N10O11S2. The number of rotatable bonds is 22. The molecule has 23 heteroatoms. The normalized spacial score (nSPS) is 13.3. The first kappa shape index (κ1) is 44.7. The Balaban J connectivity index is 1.39. The Bertz CT molecular complexity index is 1990. The van der Waals surface area contributed by atoms with Gasteiger partial charge in [0.25, 0.3) is 11.8 Å². The van der Waals surface area contributed by atoms with Crippen LogP contribution in [0.25, 0.3) is 0 Å². The van der Waals surface area contributed by atoms with Gasteiger partial charge < -0.3 is 14.2 Å². The number of hydrogen-bond donors (Lipinski definition) is 4. The number of nitrogens with zero attached hydrogens (tertiary/aromatic N) is 8. The van der Waals surface area contributed by atoms with Crippen molar-refractivity contribution in [3.05, 3.63) is 72.3 Å². The molecule has 0 saturated carbocycles. The van der Waals surface area contributed by atoms with E-state index in [1.807, 2.05) is 0 Å². The maximum absolute atomic E-state index is 13.8. The van der Waals surface area contributed by atoms with E-state index in [0.717, 1.165) is 8.61 Å². The summed E-state index contributed by atoms with van der Waals surface area (Å²) in [7, 11) is -5.66. The molecule has 0 fully saturated rings. The highest BCUT2D eigenvalue weighted by Gasteiger charge is 2.40. The molecule has 4 aromatic rings. The molecule has 0 aliphatic heterocycles. The van der Waals surface area contributed by atoms with Crippen LogP contribution < -0.4 is 20.4 Å². The van der Waals surface area contributed by atoms with Crippen molar-refractivity contribution in [2.24, 2.45) is 11.8 Å². The highest BCUT2D eigenvalue weighted by Crippen LogP contribution is 2.27. The van der Waals surface area contributed by atoms with Crippen molar-refractivity contribution >= 4 is 31.9 Å². The fourth-order valence-electron chi connectivity index (χ4n) is 5.87. The van der Waals surface area contributed by atoms with Gasteiger partial charge in [-0.05, 0) is 60.4 Å². The van der Waals surface area contributed by atoms with Gasteiger partial charge in [-0.2, -0.15) is 8.61 Å². The molecule has 4 N–H and O–H groups in total. The Hall–Kier alpha value is -5.04. The number of hydrogen-bond acceptors (Lipinski definition) is 15. The Morgan fingerprint density at radius 1 is 0.667 bits per heavy atom. The fraction of sp³-hybridized carbons (Fsp3) is 0.471. The molecule has 0 saturated heterocycles. The molecule has 2 unspecified atom stereocenters. The predicted molar refractivity (Wildman–Crippen MR) is 199 cm³/mol. The molecule has 2 atom stereocenters. The maximum Gasteiger partial charge on any atom is 0.262 e. The average molecular weight is 837 g/mol. The van der Waals surface area contributed by atoms with E-state index in [1.165, 1.54) is 84.5 Å². The van der Waals surface area contributed by atoms with Gasteiger partial charge in [-0.1, -0.05) is 38.1 Å². The van der Waals surface area contributed by atoms with Crippen molar-refractivity contribution in [1.29, 1.82) is 0 Å². The standard InChI is InChI=1S/C34H48N10O11S2/c1-23(2)31(33(45)37-47)43(56(49,50)29-11-7-27(53-5)8-12-29)21-25-19-41(39-35-25)15-17-55-18-16-42-20-26(36-40-42)22-44(32(24(3)4)34(46)38-48)57(51,52)30-13-9-28(54-6)10-14-30/h7-14,19-20,23-24,31-32,47-48H,15-18,21-22H2,1-6H3,(H,37,45)(H,38,46). The number of carbonyl (C=O) groups excluding carboxylic acids is 2. The minimum Gasteiger partial charge on any atom is -0.497 e. The van der Waals surface area contributed by atoms with Crippen molar-refractivity contribution < 1.29 is 51.0 Å². The number of aromatic nitrogens is 6. The fourth-order valence-corrected chi connectivity index (χ4v) is 9.26. The average Bonchev–Trinajstić information content (AvgIpc) is 3.85. The third-order valence-electron chi connectivity index (χ3n) is 8.71. The number of ether oxygens (including phenoxy) is 3. The van der Waals surface area contributed by atoms with E-state index < -0.39 is 55.8 Å². The molecule has 0 aliphatic rings. The minimum atomic E-state index is -4.28. The van der Waals surface area contributed by atoms with E-state index in [-0.39, 0.29) is 60.6 Å². The van der Waals surface area contributed by atoms with Gasteiger partial charge in [-0.3, -0.25) is 20.0 Å². The number of methoxy groups -OCH3 is 2. The lowest BCUT2D eigenvalue weighted by Crippen LogP contribution is -2.51. The third-order valence-corrected chi connectivity index (χ3v) is 12.4. The van der Waals surface area contributed by atoms with Gasteiger partial charge in [0.05, 0.1) is 74.8 Å². The first-order chi connectivity index (χ1) is 27.1. The number of carbonyl (C=O) groups is 2. The first-order valence-corrected chi connectivity index (χ1v) is 20.5. The number of amides is 2. The quantitative estimate of drug-likeness (QED) is 0.0490. The summed E-state index contributed by atoms with van der Waals surface area (Å²) < 4.78 is 76.1. The zero-order valence-corrected chi connectivity index (χ0v) is 33.9. The van der Waals surface area contributed by atoms with Gasteiger partial charge in [-0.15, -0.1) is 10.2 Å². The molecule has 0 bridgehead atoms. The largest absolute Gasteiger partial charge is 0.497 e. The summed E-state index contributed by atoms with van der Waals surface area (Å²) >= 11 is 0. The summed E-state index contributed by atoms with van der Waals surface area (Å²) in [5.41, 5.74) is 3.60. The molecule has 4 rings (SSSR count). The van der Waals surface area contributed by atoms with Crippen LogP contribution in [-0.2, 0) is 60.6 Å². The maximum atomic E-state index is 13.8. The van der Waals surface area contributed by atoms with E-state index in [1.54, 1.807) is 38.7 Å². The summed E-state index contributed by atoms with van der Waals surface area (Å²) in [4.78, 5) is 25.2. The molecule has 57 heavy (non-hydrogen) atoms. The molecule has 21 nitrogen and oxygen atoms in total. The molecule has 2 aromatic carbocycles. The molecule has 0 radical (unpaired) electrons. The second-order valence-electron chi connectivity index (χ2n) is 13.3. The van der Waals surface area contributed by atoms with E-state index in [2.05, 4.69) is 20.6 Å². The lowest BCUT2D eigenvalue weighted by atomic mass is 10.0. The second-order valence-corrected chi connectivity index (χ2v) is 17.1. The lowest BCUT2D eigenvalue weighted by Gasteiger charge is -2.31. The van der Waals surface area contributed by atoms with Gasteiger partial charge in [0.1, 0.15) is 23.6 Å². The third kappa shape index (κ3) is 11.1. The van der Waals surface area contributed by atoms with Crippen molar-refractivity contribution in [2.45, 2.75) is 75.7 Å². The van der Waals surface area contributed by atoms with Gasteiger partial charge in [0, 0.05) is 12.4 Å². The first-order valence-electron chi connectivity index (χ1n) is 17.6. The lowest BCUT2D eigenvalue weighted by molar-refractivity contribution is -0.135. The van der Waals surface area contributed by atoms with Crippen LogP contribution in [0.4, 0.5) is 0 Å². The van der Waals surface area contributed by atoms with E-state index >= 15 is 0 Å². The smallest absolute Gasteiger partial charge is 0.262 e. The molecule has 0 aliphatic carbocycles. The monoisotopic (exact) mass is 836 g/mol. The van der Waals surface area contributed by atoms with Gasteiger partial charge in [0.15, 0.2) is 0 Å². The number of benzene rings is 2. The van der Waals surface area contributed by atoms with Crippen LogP contribution in [0, 0.1) is 11.8 Å². The number of sulfonamides is 2. The van der Waals surface area contributed by atoms with E-state index in [9.17, 15) is 36.8 Å². The molecule has 2 aromatic heterocycles. The van der Waals surface area contributed by atoms with Crippen molar-refractivity contribution in [1.82, 2.24) is 49.6 Å². The SMILES string of the molecule is COc1ccc(S(=O)(=O)N(Cc2cn(CCOCCn3cc(CN(C(C(=O)NO)C(C)C)S(=O)(=O)c4ccc(OC)cc4)nn3)nn2)C(C(=O)NO)C(C)C)cc1. The Labute approximate surface area is 330 Å². The Morgan fingerprint density at radius 2 is 1.02 bits per heavy atom. The minimum absolute atomic E-state index is 0.0928. The summed E-state index contributed by atoms with van der Waals surface area (Å²) in [6.07, 6.45) is 3.04. The molecule has 2 amide bonds. The summed E-state index contributed by atoms with van der Waals surface area (Å²) in [6, 6.07) is 8.77. The topological polar surface area (TPSA) is 263 Å². The molecule has 0 spiro atoms. The van der Waals surface area contributed by atoms with Crippen LogP contribution in [0.3, 0.4) is 0 Å². The zero-order valence-electron chi connectivity index (χ0n) is 32.3. The van der Waals surface area contributed by atoms with Crippen LogP contribution in [0.1, 0.15) is 39.1 Å². The van der Waals surface area contributed by atoms with Crippen LogP contribution in [-0.4, -0.2) is 117 Å². The van der Waals surface area contributed by atoms with Gasteiger partial charge in [0.2, 0.25) is 20.0 Å².